The van der Waals surface area contributed by atoms with Crippen molar-refractivity contribution in [1.82, 2.24) is 14.5 Å². The third-order valence-corrected chi connectivity index (χ3v) is 8.50. The van der Waals surface area contributed by atoms with Gasteiger partial charge in [-0.25, -0.2) is 8.42 Å². The van der Waals surface area contributed by atoms with Crippen LogP contribution in [0.15, 0.2) is 53.4 Å². The summed E-state index contributed by atoms with van der Waals surface area (Å²) in [5.74, 6) is -0.254. The number of ether oxygens (including phenoxy) is 1. The van der Waals surface area contributed by atoms with Crippen molar-refractivity contribution in [1.29, 1.82) is 0 Å². The number of carbonyl (C=O) groups is 1. The van der Waals surface area contributed by atoms with Crippen LogP contribution >= 0.6 is 0 Å². The Morgan fingerprint density at radius 2 is 1.73 bits per heavy atom. The molecule has 4 rings (SSSR count). The van der Waals surface area contributed by atoms with Crippen molar-refractivity contribution in [2.24, 2.45) is 0 Å². The zero-order valence-corrected chi connectivity index (χ0v) is 20.0. The van der Waals surface area contributed by atoms with E-state index in [4.69, 9.17) is 4.74 Å². The van der Waals surface area contributed by atoms with Crippen molar-refractivity contribution in [2.45, 2.75) is 37.1 Å². The number of amides is 1. The number of hydrogen-bond donors (Lipinski definition) is 1. The van der Waals surface area contributed by atoms with Crippen LogP contribution in [0.5, 0.6) is 0 Å². The van der Waals surface area contributed by atoms with Gasteiger partial charge in [-0.1, -0.05) is 43.3 Å². The molecule has 2 aromatic carbocycles. The summed E-state index contributed by atoms with van der Waals surface area (Å²) in [4.78, 5) is 15.7. The zero-order chi connectivity index (χ0) is 23.3. The van der Waals surface area contributed by atoms with Crippen LogP contribution in [0.2, 0.25) is 0 Å². The van der Waals surface area contributed by atoms with Crippen LogP contribution < -0.4 is 5.32 Å². The molecule has 0 bridgehead atoms. The zero-order valence-electron chi connectivity index (χ0n) is 19.2. The SMILES string of the molecule is CCc1ccc(C(=O)NCC(c2ccccc2)N2CCCC2)cc1S(=O)(=O)N1CCOCC1. The molecule has 2 aliphatic heterocycles. The highest BCUT2D eigenvalue weighted by Gasteiger charge is 2.29. The normalized spacial score (nSPS) is 18.8. The summed E-state index contributed by atoms with van der Waals surface area (Å²) in [6.07, 6.45) is 2.91. The summed E-state index contributed by atoms with van der Waals surface area (Å²) in [7, 11) is -3.68. The maximum absolute atomic E-state index is 13.3. The van der Waals surface area contributed by atoms with Crippen LogP contribution in [0.3, 0.4) is 0 Å². The quantitative estimate of drug-likeness (QED) is 0.641. The Balaban J connectivity index is 1.53. The van der Waals surface area contributed by atoms with Crippen LogP contribution in [0.1, 0.15) is 47.3 Å². The molecule has 2 aromatic rings. The lowest BCUT2D eigenvalue weighted by Gasteiger charge is -2.28. The largest absolute Gasteiger partial charge is 0.379 e. The Kier molecular flexibility index (Phi) is 7.80. The lowest BCUT2D eigenvalue weighted by Crippen LogP contribution is -2.41. The lowest BCUT2D eigenvalue weighted by molar-refractivity contribution is 0.0730. The number of aryl methyl sites for hydroxylation is 1. The van der Waals surface area contributed by atoms with Gasteiger partial charge in [0.1, 0.15) is 0 Å². The summed E-state index contributed by atoms with van der Waals surface area (Å²) in [6.45, 7) is 5.87. The summed E-state index contributed by atoms with van der Waals surface area (Å²) >= 11 is 0. The predicted molar refractivity (Wildman–Crippen MR) is 128 cm³/mol. The number of sulfonamides is 1. The minimum absolute atomic E-state index is 0.101. The van der Waals surface area contributed by atoms with Gasteiger partial charge in [0.05, 0.1) is 24.2 Å². The van der Waals surface area contributed by atoms with Crippen molar-refractivity contribution >= 4 is 15.9 Å². The third-order valence-electron chi connectivity index (χ3n) is 6.52. The molecule has 2 aliphatic rings. The first-order valence-corrected chi connectivity index (χ1v) is 13.2. The van der Waals surface area contributed by atoms with Gasteiger partial charge in [-0.15, -0.1) is 0 Å². The van der Waals surface area contributed by atoms with Crippen molar-refractivity contribution in [3.05, 3.63) is 65.2 Å². The van der Waals surface area contributed by atoms with Gasteiger partial charge in [0.15, 0.2) is 0 Å². The first-order valence-electron chi connectivity index (χ1n) is 11.8. The summed E-state index contributed by atoms with van der Waals surface area (Å²) in [6, 6.07) is 15.3. The first kappa shape index (κ1) is 23.9. The molecule has 1 atom stereocenters. The van der Waals surface area contributed by atoms with Crippen LogP contribution in [-0.2, 0) is 21.2 Å². The van der Waals surface area contributed by atoms with Crippen molar-refractivity contribution in [3.63, 3.8) is 0 Å². The van der Waals surface area contributed by atoms with Gasteiger partial charge < -0.3 is 10.1 Å². The molecule has 0 aliphatic carbocycles. The maximum atomic E-state index is 13.3. The molecule has 2 heterocycles. The number of nitrogens with one attached hydrogen (secondary N) is 1. The number of benzene rings is 2. The molecule has 1 N–H and O–H groups in total. The van der Waals surface area contributed by atoms with Gasteiger partial charge >= 0.3 is 0 Å². The van der Waals surface area contributed by atoms with Crippen molar-refractivity contribution < 1.29 is 17.9 Å². The van der Waals surface area contributed by atoms with Crippen LogP contribution in [0.4, 0.5) is 0 Å². The molecular formula is C25H33N3O4S. The maximum Gasteiger partial charge on any atom is 0.251 e. The molecule has 0 spiro atoms. The molecule has 178 valence electrons. The molecule has 0 saturated carbocycles. The van der Waals surface area contributed by atoms with E-state index in [0.29, 0.717) is 44.8 Å². The van der Waals surface area contributed by atoms with Crippen LogP contribution in [-0.4, -0.2) is 69.5 Å². The molecule has 8 heteroatoms. The Morgan fingerprint density at radius 3 is 2.39 bits per heavy atom. The smallest absolute Gasteiger partial charge is 0.251 e. The number of morpholine rings is 1. The van der Waals surface area contributed by atoms with Gasteiger partial charge in [-0.2, -0.15) is 4.31 Å². The Bertz CT molecular complexity index is 1050. The number of hydrogen-bond acceptors (Lipinski definition) is 5. The van der Waals surface area contributed by atoms with E-state index >= 15 is 0 Å². The summed E-state index contributed by atoms with van der Waals surface area (Å²) in [5.41, 5.74) is 2.26. The standard InChI is InChI=1S/C25H33N3O4S/c1-2-20-10-11-22(18-24(20)33(30,31)28-14-16-32-17-15-28)25(29)26-19-23(27-12-6-7-13-27)21-8-4-3-5-9-21/h3-5,8-11,18,23H,2,6-7,12-17,19H2,1H3,(H,26,29). The second-order valence-corrected chi connectivity index (χ2v) is 10.5. The highest BCUT2D eigenvalue weighted by molar-refractivity contribution is 7.89. The Hall–Kier alpha value is -2.26. The summed E-state index contributed by atoms with van der Waals surface area (Å²) in [5, 5.41) is 3.06. The fourth-order valence-electron chi connectivity index (χ4n) is 4.63. The molecular weight excluding hydrogens is 438 g/mol. The van der Waals surface area contributed by atoms with E-state index in [2.05, 4.69) is 22.3 Å². The number of nitrogens with zero attached hydrogens (tertiary/aromatic N) is 2. The number of carbonyl (C=O) groups excluding carboxylic acids is 1. The van der Waals surface area contributed by atoms with E-state index in [9.17, 15) is 13.2 Å². The second-order valence-electron chi connectivity index (χ2n) is 8.57. The predicted octanol–water partition coefficient (Wildman–Crippen LogP) is 2.84. The van der Waals surface area contributed by atoms with Gasteiger partial charge in [-0.05, 0) is 55.6 Å². The van der Waals surface area contributed by atoms with E-state index in [-0.39, 0.29) is 16.8 Å². The summed E-state index contributed by atoms with van der Waals surface area (Å²) < 4.78 is 33.4. The average molecular weight is 472 g/mol. The van der Waals surface area contributed by atoms with Gasteiger partial charge in [-0.3, -0.25) is 9.69 Å². The van der Waals surface area contributed by atoms with Gasteiger partial charge in [0.25, 0.3) is 5.91 Å². The van der Waals surface area contributed by atoms with E-state index in [0.717, 1.165) is 18.7 Å². The van der Waals surface area contributed by atoms with Gasteiger partial charge in [0.2, 0.25) is 10.0 Å². The number of likely N-dealkylation sites (tertiary alicyclic amines) is 1. The Morgan fingerprint density at radius 1 is 1.03 bits per heavy atom. The monoisotopic (exact) mass is 471 g/mol. The highest BCUT2D eigenvalue weighted by atomic mass is 32.2. The Labute approximate surface area is 196 Å². The topological polar surface area (TPSA) is 79.0 Å². The highest BCUT2D eigenvalue weighted by Crippen LogP contribution is 2.26. The third kappa shape index (κ3) is 5.46. The molecule has 33 heavy (non-hydrogen) atoms. The van der Waals surface area contributed by atoms with E-state index < -0.39 is 10.0 Å². The first-order chi connectivity index (χ1) is 16.0. The van der Waals surface area contributed by atoms with Crippen molar-refractivity contribution in [2.75, 3.05) is 45.9 Å². The molecule has 7 nitrogen and oxygen atoms in total. The molecule has 2 fully saturated rings. The van der Waals surface area contributed by atoms with E-state index in [1.165, 1.54) is 28.8 Å². The van der Waals surface area contributed by atoms with Crippen LogP contribution in [0, 0.1) is 0 Å². The molecule has 1 unspecified atom stereocenters. The van der Waals surface area contributed by atoms with E-state index in [1.54, 1.807) is 12.1 Å². The second kappa shape index (κ2) is 10.8. The fraction of sp³-hybridized carbons (Fsp3) is 0.480. The molecule has 0 aromatic heterocycles. The van der Waals surface area contributed by atoms with E-state index in [1.807, 2.05) is 25.1 Å². The van der Waals surface area contributed by atoms with Crippen molar-refractivity contribution in [3.8, 4) is 0 Å². The minimum Gasteiger partial charge on any atom is -0.379 e. The number of rotatable bonds is 8. The minimum atomic E-state index is -3.68. The average Bonchev–Trinajstić information content (AvgIpc) is 3.39. The fourth-order valence-corrected chi connectivity index (χ4v) is 6.36. The van der Waals surface area contributed by atoms with Crippen LogP contribution in [0.25, 0.3) is 0 Å². The lowest BCUT2D eigenvalue weighted by atomic mass is 10.0. The molecule has 0 radical (unpaired) electrons. The molecule has 2 saturated heterocycles. The van der Waals surface area contributed by atoms with Gasteiger partial charge in [0, 0.05) is 25.2 Å². The molecule has 1 amide bonds.